The molecule has 5 heteroatoms. The van der Waals surface area contributed by atoms with E-state index in [0.717, 1.165) is 37.3 Å². The van der Waals surface area contributed by atoms with Gasteiger partial charge in [-0.05, 0) is 19.4 Å². The number of hydrogen-bond donors (Lipinski definition) is 2. The van der Waals surface area contributed by atoms with E-state index in [0.29, 0.717) is 6.54 Å². The Labute approximate surface area is 94.6 Å². The Morgan fingerprint density at radius 3 is 3.19 bits per heavy atom. The second kappa shape index (κ2) is 5.12. The Morgan fingerprint density at radius 1 is 1.75 bits per heavy atom. The summed E-state index contributed by atoms with van der Waals surface area (Å²) < 4.78 is 5.11. The summed E-state index contributed by atoms with van der Waals surface area (Å²) >= 11 is 0. The van der Waals surface area contributed by atoms with Crippen molar-refractivity contribution in [2.24, 2.45) is 0 Å². The highest BCUT2D eigenvalue weighted by atomic mass is 16.5. The van der Waals surface area contributed by atoms with Crippen LogP contribution in [-0.2, 0) is 17.8 Å². The van der Waals surface area contributed by atoms with Crippen LogP contribution in [0.3, 0.4) is 0 Å². The second-order valence-electron chi connectivity index (χ2n) is 4.05. The van der Waals surface area contributed by atoms with Crippen LogP contribution in [0.5, 0.6) is 0 Å². The molecule has 5 nitrogen and oxygen atoms in total. The van der Waals surface area contributed by atoms with Gasteiger partial charge in [-0.3, -0.25) is 4.79 Å². The number of carbonyl (C=O) groups excluding carboxylic acids is 1. The third-order valence-electron chi connectivity index (χ3n) is 2.69. The number of aromatic nitrogens is 1. The molecule has 88 valence electrons. The molecule has 0 bridgehead atoms. The van der Waals surface area contributed by atoms with Crippen molar-refractivity contribution >= 4 is 5.91 Å². The summed E-state index contributed by atoms with van der Waals surface area (Å²) in [7, 11) is 0. The number of carbonyl (C=O) groups is 1. The van der Waals surface area contributed by atoms with Gasteiger partial charge in [0.2, 0.25) is 5.91 Å². The van der Waals surface area contributed by atoms with E-state index in [-0.39, 0.29) is 11.9 Å². The maximum absolute atomic E-state index is 11.5. The van der Waals surface area contributed by atoms with Gasteiger partial charge >= 0.3 is 0 Å². The zero-order chi connectivity index (χ0) is 11.4. The fourth-order valence-corrected chi connectivity index (χ4v) is 1.62. The number of nitrogens with one attached hydrogen (secondary N) is 2. The molecule has 1 aliphatic heterocycles. The van der Waals surface area contributed by atoms with Crippen molar-refractivity contribution in [3.63, 3.8) is 0 Å². The average Bonchev–Trinajstić information content (AvgIpc) is 2.61. The van der Waals surface area contributed by atoms with E-state index in [9.17, 15) is 4.79 Å². The topological polar surface area (TPSA) is 67.2 Å². The molecule has 1 aromatic rings. The van der Waals surface area contributed by atoms with Gasteiger partial charge in [0.1, 0.15) is 0 Å². The molecule has 1 amide bonds. The van der Waals surface area contributed by atoms with Gasteiger partial charge in [0.25, 0.3) is 0 Å². The van der Waals surface area contributed by atoms with E-state index in [1.165, 1.54) is 0 Å². The van der Waals surface area contributed by atoms with Crippen LogP contribution < -0.4 is 10.6 Å². The number of hydrogen-bond acceptors (Lipinski definition) is 4. The Balaban J connectivity index is 1.77. The Bertz CT molecular complexity index is 358. The Hall–Kier alpha value is -1.36. The zero-order valence-electron chi connectivity index (χ0n) is 9.45. The summed E-state index contributed by atoms with van der Waals surface area (Å²) in [6.45, 7) is 3.45. The minimum Gasteiger partial charge on any atom is -0.359 e. The van der Waals surface area contributed by atoms with Gasteiger partial charge < -0.3 is 15.2 Å². The van der Waals surface area contributed by atoms with E-state index in [4.69, 9.17) is 4.52 Å². The van der Waals surface area contributed by atoms with Crippen molar-refractivity contribution in [2.45, 2.75) is 38.8 Å². The van der Waals surface area contributed by atoms with Gasteiger partial charge in [-0.25, -0.2) is 0 Å². The predicted octanol–water partition coefficient (Wildman–Crippen LogP) is 0.605. The molecule has 1 unspecified atom stereocenters. The van der Waals surface area contributed by atoms with E-state index in [2.05, 4.69) is 22.7 Å². The first-order valence-corrected chi connectivity index (χ1v) is 5.75. The van der Waals surface area contributed by atoms with Crippen LogP contribution >= 0.6 is 0 Å². The molecule has 0 saturated carbocycles. The van der Waals surface area contributed by atoms with Crippen LogP contribution in [0.15, 0.2) is 10.6 Å². The molecule has 0 spiro atoms. The highest BCUT2D eigenvalue weighted by molar-refractivity contribution is 5.82. The Kier molecular flexibility index (Phi) is 3.56. The predicted molar refractivity (Wildman–Crippen MR) is 58.8 cm³/mol. The van der Waals surface area contributed by atoms with E-state index in [1.54, 1.807) is 0 Å². The van der Waals surface area contributed by atoms with Crippen LogP contribution in [0.4, 0.5) is 0 Å². The molecule has 1 aromatic heterocycles. The van der Waals surface area contributed by atoms with Gasteiger partial charge in [-0.15, -0.1) is 0 Å². The van der Waals surface area contributed by atoms with Crippen molar-refractivity contribution in [1.82, 2.24) is 15.8 Å². The monoisotopic (exact) mass is 223 g/mol. The summed E-state index contributed by atoms with van der Waals surface area (Å²) in [5, 5.41) is 9.79. The van der Waals surface area contributed by atoms with Gasteiger partial charge in [0.15, 0.2) is 5.76 Å². The van der Waals surface area contributed by atoms with Crippen molar-refractivity contribution in [3.8, 4) is 0 Å². The summed E-state index contributed by atoms with van der Waals surface area (Å²) in [5.41, 5.74) is 0.952. The summed E-state index contributed by atoms with van der Waals surface area (Å²) in [4.78, 5) is 11.5. The minimum atomic E-state index is -0.0157. The second-order valence-corrected chi connectivity index (χ2v) is 4.05. The number of amides is 1. The number of aryl methyl sites for hydroxylation is 1. The van der Waals surface area contributed by atoms with Crippen LogP contribution in [0.2, 0.25) is 0 Å². The van der Waals surface area contributed by atoms with Crippen molar-refractivity contribution in [3.05, 3.63) is 17.5 Å². The lowest BCUT2D eigenvalue weighted by Gasteiger charge is -2.25. The molecule has 16 heavy (non-hydrogen) atoms. The van der Waals surface area contributed by atoms with Gasteiger partial charge in [0.05, 0.1) is 18.3 Å². The van der Waals surface area contributed by atoms with E-state index >= 15 is 0 Å². The molecule has 1 aliphatic rings. The SMILES string of the molecule is CCCc1cc(CNC(=O)C2CCN2)on1. The number of rotatable bonds is 5. The first kappa shape index (κ1) is 11.1. The molecule has 0 aromatic carbocycles. The average molecular weight is 223 g/mol. The summed E-state index contributed by atoms with van der Waals surface area (Å²) in [6, 6.07) is 1.89. The maximum Gasteiger partial charge on any atom is 0.237 e. The standard InChI is InChI=1S/C11H17N3O2/c1-2-3-8-6-9(16-14-8)7-13-11(15)10-4-5-12-10/h6,10,12H,2-5,7H2,1H3,(H,13,15). The lowest BCUT2D eigenvalue weighted by Crippen LogP contribution is -2.52. The van der Waals surface area contributed by atoms with Crippen molar-refractivity contribution < 1.29 is 9.32 Å². The summed E-state index contributed by atoms with van der Waals surface area (Å²) in [6.07, 6.45) is 2.88. The van der Waals surface area contributed by atoms with Crippen LogP contribution in [0, 0.1) is 0 Å². The molecule has 2 N–H and O–H groups in total. The molecule has 0 aliphatic carbocycles. The third kappa shape index (κ3) is 2.61. The molecule has 2 heterocycles. The zero-order valence-corrected chi connectivity index (χ0v) is 9.45. The van der Waals surface area contributed by atoms with Gasteiger partial charge in [-0.1, -0.05) is 18.5 Å². The lowest BCUT2D eigenvalue weighted by atomic mass is 10.1. The number of nitrogens with zero attached hydrogens (tertiary/aromatic N) is 1. The maximum atomic E-state index is 11.5. The first-order valence-electron chi connectivity index (χ1n) is 5.75. The highest BCUT2D eigenvalue weighted by Gasteiger charge is 2.24. The largest absolute Gasteiger partial charge is 0.359 e. The lowest BCUT2D eigenvalue weighted by molar-refractivity contribution is -0.124. The third-order valence-corrected chi connectivity index (χ3v) is 2.69. The van der Waals surface area contributed by atoms with Crippen molar-refractivity contribution in [1.29, 1.82) is 0 Å². The molecular weight excluding hydrogens is 206 g/mol. The molecule has 0 radical (unpaired) electrons. The fraction of sp³-hybridized carbons (Fsp3) is 0.636. The summed E-state index contributed by atoms with van der Waals surface area (Å²) in [5.74, 6) is 0.760. The van der Waals surface area contributed by atoms with Crippen LogP contribution in [0.25, 0.3) is 0 Å². The van der Waals surface area contributed by atoms with Crippen LogP contribution in [-0.4, -0.2) is 23.7 Å². The van der Waals surface area contributed by atoms with Crippen molar-refractivity contribution in [2.75, 3.05) is 6.54 Å². The van der Waals surface area contributed by atoms with E-state index in [1.807, 2.05) is 6.07 Å². The smallest absolute Gasteiger partial charge is 0.237 e. The highest BCUT2D eigenvalue weighted by Crippen LogP contribution is 2.06. The molecule has 1 saturated heterocycles. The first-order chi connectivity index (χ1) is 7.79. The van der Waals surface area contributed by atoms with Gasteiger partial charge in [0, 0.05) is 6.07 Å². The van der Waals surface area contributed by atoms with Crippen LogP contribution in [0.1, 0.15) is 31.2 Å². The quantitative estimate of drug-likeness (QED) is 0.767. The molecular formula is C11H17N3O2. The Morgan fingerprint density at radius 2 is 2.56 bits per heavy atom. The molecule has 1 fully saturated rings. The van der Waals surface area contributed by atoms with E-state index < -0.39 is 0 Å². The van der Waals surface area contributed by atoms with Gasteiger partial charge in [-0.2, -0.15) is 0 Å². The normalized spacial score (nSPS) is 19.2. The fourth-order valence-electron chi connectivity index (χ4n) is 1.62. The molecule has 1 atom stereocenters. The molecule has 2 rings (SSSR count). The minimum absolute atomic E-state index is 0.0157.